The Morgan fingerprint density at radius 2 is 1.39 bits per heavy atom. The van der Waals surface area contributed by atoms with Gasteiger partial charge in [0, 0.05) is 0 Å². The highest BCUT2D eigenvalue weighted by molar-refractivity contribution is 4.70. The number of rotatable bonds is 9. The van der Waals surface area contributed by atoms with Crippen LogP contribution in [0.3, 0.4) is 0 Å². The second-order valence-corrected chi connectivity index (χ2v) is 6.52. The molecule has 0 amide bonds. The van der Waals surface area contributed by atoms with Crippen LogP contribution >= 0.6 is 0 Å². The Labute approximate surface area is 116 Å². The van der Waals surface area contributed by atoms with Crippen molar-refractivity contribution >= 4 is 0 Å². The van der Waals surface area contributed by atoms with E-state index >= 15 is 0 Å². The van der Waals surface area contributed by atoms with Crippen LogP contribution in [0.25, 0.3) is 0 Å². The predicted molar refractivity (Wildman–Crippen MR) is 84.7 cm³/mol. The largest absolute Gasteiger partial charge is 0.330 e. The van der Waals surface area contributed by atoms with Gasteiger partial charge in [0.25, 0.3) is 0 Å². The van der Waals surface area contributed by atoms with Crippen LogP contribution in [0.2, 0.25) is 0 Å². The molecule has 0 rings (SSSR count). The van der Waals surface area contributed by atoms with Gasteiger partial charge < -0.3 is 11.5 Å². The second-order valence-electron chi connectivity index (χ2n) is 6.52. The van der Waals surface area contributed by atoms with E-state index in [4.69, 9.17) is 11.5 Å². The summed E-state index contributed by atoms with van der Waals surface area (Å²) in [5.41, 5.74) is 11.2. The zero-order valence-electron chi connectivity index (χ0n) is 13.6. The molecule has 0 fully saturated rings. The molecule has 0 aromatic heterocycles. The van der Waals surface area contributed by atoms with Crippen LogP contribution in [0.4, 0.5) is 0 Å². The van der Waals surface area contributed by atoms with Gasteiger partial charge in [-0.3, -0.25) is 0 Å². The van der Waals surface area contributed by atoms with Gasteiger partial charge in [-0.1, -0.05) is 66.7 Å². The maximum atomic E-state index is 5.55. The minimum absolute atomic E-state index is 0.341. The van der Waals surface area contributed by atoms with Crippen molar-refractivity contribution in [1.29, 1.82) is 0 Å². The van der Waals surface area contributed by atoms with Gasteiger partial charge in [-0.05, 0) is 37.3 Å². The topological polar surface area (TPSA) is 52.0 Å². The van der Waals surface area contributed by atoms with Gasteiger partial charge in [-0.15, -0.1) is 0 Å². The average Bonchev–Trinajstić information content (AvgIpc) is 2.28. The van der Waals surface area contributed by atoms with Gasteiger partial charge in [-0.25, -0.2) is 0 Å². The lowest BCUT2D eigenvalue weighted by molar-refractivity contribution is 0.298. The molecule has 0 radical (unpaired) electrons. The molecule has 4 N–H and O–H groups in total. The zero-order chi connectivity index (χ0) is 14.4. The molecule has 2 heteroatoms. The Morgan fingerprint density at radius 3 is 1.72 bits per heavy atom. The second kappa shape index (κ2) is 13.4. The summed E-state index contributed by atoms with van der Waals surface area (Å²) in [5, 5.41) is 0. The maximum Gasteiger partial charge on any atom is -0.00257 e. The Bertz CT molecular complexity index is 147. The van der Waals surface area contributed by atoms with E-state index in [2.05, 4.69) is 34.6 Å². The molecule has 18 heavy (non-hydrogen) atoms. The van der Waals surface area contributed by atoms with Crippen molar-refractivity contribution < 1.29 is 0 Å². The lowest BCUT2D eigenvalue weighted by atomic mass is 9.84. The first-order valence-electron chi connectivity index (χ1n) is 7.79. The van der Waals surface area contributed by atoms with Crippen LogP contribution in [0, 0.1) is 11.3 Å². The monoisotopic (exact) mass is 258 g/mol. The van der Waals surface area contributed by atoms with E-state index in [1.54, 1.807) is 0 Å². The summed E-state index contributed by atoms with van der Waals surface area (Å²) in [6.07, 6.45) is 9.28. The van der Waals surface area contributed by atoms with E-state index in [9.17, 15) is 0 Å². The Kier molecular flexibility index (Phi) is 15.0. The third-order valence-electron chi connectivity index (χ3n) is 3.07. The normalized spacial score (nSPS) is 11.3. The van der Waals surface area contributed by atoms with E-state index in [-0.39, 0.29) is 0 Å². The molecule has 0 spiro atoms. The van der Waals surface area contributed by atoms with Gasteiger partial charge in [-0.2, -0.15) is 0 Å². The Morgan fingerprint density at radius 1 is 0.889 bits per heavy atom. The van der Waals surface area contributed by atoms with Gasteiger partial charge >= 0.3 is 0 Å². The first-order chi connectivity index (χ1) is 8.39. The Balaban J connectivity index is 0. The predicted octanol–water partition coefficient (Wildman–Crippen LogP) is 4.32. The van der Waals surface area contributed by atoms with Crippen molar-refractivity contribution in [3.63, 3.8) is 0 Å². The Hall–Kier alpha value is -0.0800. The van der Waals surface area contributed by atoms with Crippen LogP contribution in [-0.2, 0) is 0 Å². The van der Waals surface area contributed by atoms with E-state index in [0.717, 1.165) is 19.0 Å². The van der Waals surface area contributed by atoms with Crippen molar-refractivity contribution in [2.24, 2.45) is 22.8 Å². The summed E-state index contributed by atoms with van der Waals surface area (Å²) < 4.78 is 0. The van der Waals surface area contributed by atoms with Gasteiger partial charge in [0.05, 0.1) is 0 Å². The summed E-state index contributed by atoms with van der Waals surface area (Å²) in [4.78, 5) is 0. The summed E-state index contributed by atoms with van der Waals surface area (Å²) in [7, 11) is 0. The van der Waals surface area contributed by atoms with Gasteiger partial charge in [0.15, 0.2) is 0 Å². The highest BCUT2D eigenvalue weighted by Gasteiger charge is 2.16. The molecule has 0 saturated heterocycles. The quantitative estimate of drug-likeness (QED) is 0.605. The molecule has 0 aliphatic rings. The molecule has 2 nitrogen and oxygen atoms in total. The molecule has 0 bridgehead atoms. The molecular formula is C16H38N2. The van der Waals surface area contributed by atoms with Gasteiger partial charge in [0.1, 0.15) is 0 Å². The van der Waals surface area contributed by atoms with E-state index in [1.807, 2.05) is 0 Å². The standard InChI is InChI=1S/2C8H19N/c1-7(2)5-8(3,4)6-9;1-2-3-4-5-6-7-8-9/h7H,5-6,9H2,1-4H3;2-9H2,1H3. The van der Waals surface area contributed by atoms with Crippen LogP contribution in [0.15, 0.2) is 0 Å². The van der Waals surface area contributed by atoms with Crippen molar-refractivity contribution in [3.8, 4) is 0 Å². The lowest BCUT2D eigenvalue weighted by Crippen LogP contribution is -2.24. The van der Waals surface area contributed by atoms with Gasteiger partial charge in [0.2, 0.25) is 0 Å². The fourth-order valence-electron chi connectivity index (χ4n) is 2.11. The van der Waals surface area contributed by atoms with E-state index < -0.39 is 0 Å². The van der Waals surface area contributed by atoms with Crippen LogP contribution in [0.5, 0.6) is 0 Å². The fourth-order valence-corrected chi connectivity index (χ4v) is 2.11. The maximum absolute atomic E-state index is 5.55. The number of hydrogen-bond acceptors (Lipinski definition) is 2. The number of nitrogens with two attached hydrogens (primary N) is 2. The first-order valence-corrected chi connectivity index (χ1v) is 7.79. The minimum Gasteiger partial charge on any atom is -0.330 e. The molecule has 0 aliphatic heterocycles. The van der Waals surface area contributed by atoms with Crippen molar-refractivity contribution in [2.45, 2.75) is 79.6 Å². The average molecular weight is 258 g/mol. The zero-order valence-corrected chi connectivity index (χ0v) is 13.6. The van der Waals surface area contributed by atoms with Crippen LogP contribution < -0.4 is 11.5 Å². The molecular weight excluding hydrogens is 220 g/mol. The van der Waals surface area contributed by atoms with E-state index in [0.29, 0.717) is 5.41 Å². The molecule has 0 aromatic rings. The summed E-state index contributed by atoms with van der Waals surface area (Å²) in [6.45, 7) is 12.8. The van der Waals surface area contributed by atoms with Crippen molar-refractivity contribution in [3.05, 3.63) is 0 Å². The summed E-state index contributed by atoms with van der Waals surface area (Å²) in [6, 6.07) is 0. The number of hydrogen-bond donors (Lipinski definition) is 2. The fraction of sp³-hybridized carbons (Fsp3) is 1.00. The molecule has 0 aliphatic carbocycles. The molecule has 0 unspecified atom stereocenters. The first kappa shape index (κ1) is 20.2. The third kappa shape index (κ3) is 18.3. The highest BCUT2D eigenvalue weighted by Crippen LogP contribution is 2.22. The summed E-state index contributed by atoms with van der Waals surface area (Å²) >= 11 is 0. The minimum atomic E-state index is 0.341. The van der Waals surface area contributed by atoms with E-state index in [1.165, 1.54) is 44.9 Å². The summed E-state index contributed by atoms with van der Waals surface area (Å²) in [5.74, 6) is 0.767. The highest BCUT2D eigenvalue weighted by atomic mass is 14.6. The van der Waals surface area contributed by atoms with Crippen LogP contribution in [-0.4, -0.2) is 13.1 Å². The SMILES string of the molecule is CC(C)CC(C)(C)CN.CCCCCCCCN. The smallest absolute Gasteiger partial charge is 0.00257 e. The molecule has 0 aromatic carbocycles. The molecule has 112 valence electrons. The lowest BCUT2D eigenvalue weighted by Gasteiger charge is -2.24. The molecule has 0 atom stereocenters. The van der Waals surface area contributed by atoms with Crippen LogP contribution in [0.1, 0.15) is 79.6 Å². The number of unbranched alkanes of at least 4 members (excludes halogenated alkanes) is 5. The molecule has 0 heterocycles. The van der Waals surface area contributed by atoms with Crippen molar-refractivity contribution in [2.75, 3.05) is 13.1 Å². The van der Waals surface area contributed by atoms with Crippen molar-refractivity contribution in [1.82, 2.24) is 0 Å². The third-order valence-corrected chi connectivity index (χ3v) is 3.07. The molecule has 0 saturated carbocycles.